The van der Waals surface area contributed by atoms with Gasteiger partial charge < -0.3 is 10.4 Å². The van der Waals surface area contributed by atoms with Crippen LogP contribution in [0.15, 0.2) is 24.3 Å². The molecule has 2 atom stereocenters. The molecule has 0 aliphatic carbocycles. The van der Waals surface area contributed by atoms with Gasteiger partial charge in [-0.05, 0) is 18.1 Å². The lowest BCUT2D eigenvalue weighted by molar-refractivity contribution is -0.116. The maximum atomic E-state index is 11.8. The Hall–Kier alpha value is -1.03. The molecular formula is C12H16BrNO2. The van der Waals surface area contributed by atoms with Gasteiger partial charge in [0.25, 0.3) is 0 Å². The third kappa shape index (κ3) is 3.23. The first-order chi connectivity index (χ1) is 7.56. The topological polar surface area (TPSA) is 49.3 Å². The number of benzene rings is 1. The number of rotatable bonds is 4. The van der Waals surface area contributed by atoms with Gasteiger partial charge in [0.15, 0.2) is 0 Å². The Labute approximate surface area is 104 Å². The SMILES string of the molecule is CCC(C)C(Br)C(=O)Nc1ccccc1O. The maximum absolute atomic E-state index is 11.8. The monoisotopic (exact) mass is 285 g/mol. The van der Waals surface area contributed by atoms with Crippen molar-refractivity contribution in [3.63, 3.8) is 0 Å². The van der Waals surface area contributed by atoms with Gasteiger partial charge in [0.05, 0.1) is 10.5 Å². The molecule has 1 rings (SSSR count). The molecular weight excluding hydrogens is 270 g/mol. The molecule has 0 radical (unpaired) electrons. The number of phenolic OH excluding ortho intramolecular Hbond substituents is 1. The maximum Gasteiger partial charge on any atom is 0.238 e. The minimum Gasteiger partial charge on any atom is -0.506 e. The Morgan fingerprint density at radius 2 is 2.12 bits per heavy atom. The number of alkyl halides is 1. The summed E-state index contributed by atoms with van der Waals surface area (Å²) >= 11 is 3.36. The molecule has 0 heterocycles. The molecule has 2 N–H and O–H groups in total. The number of carbonyl (C=O) groups excluding carboxylic acids is 1. The van der Waals surface area contributed by atoms with E-state index in [9.17, 15) is 9.90 Å². The number of nitrogens with one attached hydrogen (secondary N) is 1. The van der Waals surface area contributed by atoms with Crippen LogP contribution in [0.5, 0.6) is 5.75 Å². The molecule has 16 heavy (non-hydrogen) atoms. The molecule has 1 aromatic carbocycles. The molecule has 4 heteroatoms. The van der Waals surface area contributed by atoms with Gasteiger partial charge in [-0.15, -0.1) is 0 Å². The van der Waals surface area contributed by atoms with Crippen LogP contribution in [0, 0.1) is 5.92 Å². The highest BCUT2D eigenvalue weighted by Gasteiger charge is 2.21. The summed E-state index contributed by atoms with van der Waals surface area (Å²) in [5.74, 6) is 0.210. The summed E-state index contributed by atoms with van der Waals surface area (Å²) in [6.07, 6.45) is 0.921. The lowest BCUT2D eigenvalue weighted by atomic mass is 10.0. The second kappa shape index (κ2) is 5.89. The van der Waals surface area contributed by atoms with Crippen LogP contribution in [-0.2, 0) is 4.79 Å². The minimum atomic E-state index is -0.239. The Kier molecular flexibility index (Phi) is 4.80. The van der Waals surface area contributed by atoms with E-state index >= 15 is 0 Å². The fourth-order valence-corrected chi connectivity index (χ4v) is 1.73. The first-order valence-corrected chi connectivity index (χ1v) is 6.20. The van der Waals surface area contributed by atoms with Gasteiger partial charge in [-0.2, -0.15) is 0 Å². The van der Waals surface area contributed by atoms with Gasteiger partial charge in [-0.3, -0.25) is 4.79 Å². The van der Waals surface area contributed by atoms with E-state index in [1.54, 1.807) is 24.3 Å². The van der Waals surface area contributed by atoms with E-state index in [1.807, 2.05) is 13.8 Å². The van der Waals surface area contributed by atoms with Crippen LogP contribution in [0.1, 0.15) is 20.3 Å². The van der Waals surface area contributed by atoms with E-state index in [0.717, 1.165) is 6.42 Å². The number of aromatic hydroxyl groups is 1. The van der Waals surface area contributed by atoms with Crippen LogP contribution in [0.2, 0.25) is 0 Å². The predicted molar refractivity (Wildman–Crippen MR) is 68.9 cm³/mol. The van der Waals surface area contributed by atoms with Crippen LogP contribution in [0.4, 0.5) is 5.69 Å². The first kappa shape index (κ1) is 13.0. The lowest BCUT2D eigenvalue weighted by Crippen LogP contribution is -2.28. The van der Waals surface area contributed by atoms with E-state index in [2.05, 4.69) is 21.2 Å². The van der Waals surface area contributed by atoms with Crippen molar-refractivity contribution in [1.29, 1.82) is 0 Å². The number of phenols is 1. The van der Waals surface area contributed by atoms with Crippen molar-refractivity contribution >= 4 is 27.5 Å². The van der Waals surface area contributed by atoms with Crippen molar-refractivity contribution < 1.29 is 9.90 Å². The Morgan fingerprint density at radius 3 is 2.69 bits per heavy atom. The Bertz CT molecular complexity index is 368. The van der Waals surface area contributed by atoms with Gasteiger partial charge in [-0.1, -0.05) is 48.3 Å². The summed E-state index contributed by atoms with van der Waals surface area (Å²) in [4.78, 5) is 11.6. The van der Waals surface area contributed by atoms with Crippen LogP contribution < -0.4 is 5.32 Å². The van der Waals surface area contributed by atoms with Crippen molar-refractivity contribution in [2.45, 2.75) is 25.1 Å². The van der Waals surface area contributed by atoms with Crippen LogP contribution in [-0.4, -0.2) is 15.8 Å². The molecule has 0 aromatic heterocycles. The molecule has 0 aliphatic rings. The van der Waals surface area contributed by atoms with Crippen molar-refractivity contribution in [3.8, 4) is 5.75 Å². The summed E-state index contributed by atoms with van der Waals surface area (Å²) in [7, 11) is 0. The predicted octanol–water partition coefficient (Wildman–Crippen LogP) is 3.14. The molecule has 1 aromatic rings. The molecule has 0 aliphatic heterocycles. The van der Waals surface area contributed by atoms with E-state index in [1.165, 1.54) is 0 Å². The number of hydrogen-bond donors (Lipinski definition) is 2. The largest absolute Gasteiger partial charge is 0.506 e. The average molecular weight is 286 g/mol. The normalized spacial score (nSPS) is 14.2. The number of carbonyl (C=O) groups is 1. The molecule has 2 unspecified atom stereocenters. The van der Waals surface area contributed by atoms with Gasteiger partial charge in [-0.25, -0.2) is 0 Å². The average Bonchev–Trinajstić information content (AvgIpc) is 2.30. The van der Waals surface area contributed by atoms with E-state index in [0.29, 0.717) is 5.69 Å². The molecule has 3 nitrogen and oxygen atoms in total. The zero-order chi connectivity index (χ0) is 12.1. The van der Waals surface area contributed by atoms with Gasteiger partial charge in [0.2, 0.25) is 5.91 Å². The minimum absolute atomic E-state index is 0.0831. The molecule has 1 amide bonds. The number of hydrogen-bond acceptors (Lipinski definition) is 2. The van der Waals surface area contributed by atoms with Crippen molar-refractivity contribution in [1.82, 2.24) is 0 Å². The highest BCUT2D eigenvalue weighted by molar-refractivity contribution is 9.10. The molecule has 88 valence electrons. The summed E-state index contributed by atoms with van der Waals surface area (Å²) < 4.78 is 0. The number of para-hydroxylation sites is 2. The van der Waals surface area contributed by atoms with Gasteiger partial charge in [0, 0.05) is 0 Å². The third-order valence-corrected chi connectivity index (χ3v) is 3.87. The van der Waals surface area contributed by atoms with Crippen LogP contribution >= 0.6 is 15.9 Å². The Balaban J connectivity index is 2.68. The molecule has 0 saturated heterocycles. The second-order valence-electron chi connectivity index (χ2n) is 3.79. The van der Waals surface area contributed by atoms with E-state index in [4.69, 9.17) is 0 Å². The van der Waals surface area contributed by atoms with Crippen molar-refractivity contribution in [2.24, 2.45) is 5.92 Å². The van der Waals surface area contributed by atoms with E-state index < -0.39 is 0 Å². The number of halogens is 1. The fraction of sp³-hybridized carbons (Fsp3) is 0.417. The summed E-state index contributed by atoms with van der Waals surface area (Å²) in [5.41, 5.74) is 0.445. The standard InChI is InChI=1S/C12H16BrNO2/c1-3-8(2)11(13)12(16)14-9-6-4-5-7-10(9)15/h4-8,11,15H,3H2,1-2H3,(H,14,16). The summed E-state index contributed by atoms with van der Waals surface area (Å²) in [6, 6.07) is 6.69. The summed E-state index contributed by atoms with van der Waals surface area (Å²) in [6.45, 7) is 4.04. The van der Waals surface area contributed by atoms with Crippen molar-refractivity contribution in [3.05, 3.63) is 24.3 Å². The van der Waals surface area contributed by atoms with Gasteiger partial charge in [0.1, 0.15) is 5.75 Å². The highest BCUT2D eigenvalue weighted by Crippen LogP contribution is 2.24. The lowest BCUT2D eigenvalue weighted by Gasteiger charge is -2.16. The first-order valence-electron chi connectivity index (χ1n) is 5.29. The zero-order valence-electron chi connectivity index (χ0n) is 9.40. The molecule has 0 fully saturated rings. The third-order valence-electron chi connectivity index (χ3n) is 2.56. The summed E-state index contributed by atoms with van der Waals surface area (Å²) in [5, 5.41) is 12.2. The zero-order valence-corrected chi connectivity index (χ0v) is 11.0. The van der Waals surface area contributed by atoms with Crippen LogP contribution in [0.3, 0.4) is 0 Å². The number of anilines is 1. The number of amides is 1. The van der Waals surface area contributed by atoms with Crippen LogP contribution in [0.25, 0.3) is 0 Å². The molecule has 0 spiro atoms. The van der Waals surface area contributed by atoms with E-state index in [-0.39, 0.29) is 22.4 Å². The second-order valence-corrected chi connectivity index (χ2v) is 4.78. The quantitative estimate of drug-likeness (QED) is 0.660. The molecule has 0 bridgehead atoms. The fourth-order valence-electron chi connectivity index (χ4n) is 1.25. The molecule has 0 saturated carbocycles. The Morgan fingerprint density at radius 1 is 1.50 bits per heavy atom. The smallest absolute Gasteiger partial charge is 0.238 e. The van der Waals surface area contributed by atoms with Crippen molar-refractivity contribution in [2.75, 3.05) is 5.32 Å². The highest BCUT2D eigenvalue weighted by atomic mass is 79.9. The van der Waals surface area contributed by atoms with Gasteiger partial charge >= 0.3 is 0 Å².